The summed E-state index contributed by atoms with van der Waals surface area (Å²) in [5.41, 5.74) is 6.56. The molecule has 3 aromatic carbocycles. The number of nitrogens with one attached hydrogen (secondary N) is 4. The molecular weight excluding hydrogens is 960 g/mol. The lowest BCUT2D eigenvalue weighted by Gasteiger charge is -2.45. The Morgan fingerprint density at radius 2 is 1.82 bits per heavy atom. The molecule has 0 radical (unpaired) electrons. The van der Waals surface area contributed by atoms with Gasteiger partial charge in [0.05, 0.1) is 53.3 Å². The predicted molar refractivity (Wildman–Crippen MR) is 277 cm³/mol. The number of H-pyrrole nitrogens is 1. The van der Waals surface area contributed by atoms with Gasteiger partial charge in [-0.1, -0.05) is 44.5 Å². The maximum absolute atomic E-state index is 14.6. The van der Waals surface area contributed by atoms with Gasteiger partial charge in [0.25, 0.3) is 15.9 Å². The molecule has 1 aliphatic carbocycles. The SMILES string of the molecule is C[C@H]1CCC(CNc2ccc(S(=O)(=O)NC(=O)c3ccc(N4CCN5CC6=C(c7ccc(Cl)cc7)CC(C)(C)C[C@H]6OCCCOCC5C4)cc3N3CCCOc4nc5[nH]ccc5cc43)cc2[NH+]([O-])O)OC1. The average molecular weight is 1030 g/mol. The second-order valence-corrected chi connectivity index (χ2v) is 22.8. The van der Waals surface area contributed by atoms with E-state index in [0.29, 0.717) is 99.5 Å². The predicted octanol–water partition coefficient (Wildman–Crippen LogP) is 7.46. The van der Waals surface area contributed by atoms with Crippen molar-refractivity contribution in [1.29, 1.82) is 0 Å². The van der Waals surface area contributed by atoms with Gasteiger partial charge in [-0.3, -0.25) is 9.69 Å². The van der Waals surface area contributed by atoms with Gasteiger partial charge in [0.1, 0.15) is 11.3 Å². The van der Waals surface area contributed by atoms with Gasteiger partial charge in [0.2, 0.25) is 5.88 Å². The summed E-state index contributed by atoms with van der Waals surface area (Å²) in [5.74, 6) is -0.0341. The van der Waals surface area contributed by atoms with Crippen LogP contribution >= 0.6 is 11.6 Å². The molecule has 5 aliphatic rings. The second kappa shape index (κ2) is 21.3. The Labute approximate surface area is 426 Å². The number of carbonyl (C=O) groups is 1. The van der Waals surface area contributed by atoms with Crippen LogP contribution in [-0.2, 0) is 24.2 Å². The molecule has 0 bridgehead atoms. The molecule has 5 atom stereocenters. The topological polar surface area (TPSA) is 198 Å². The third-order valence-corrected chi connectivity index (χ3v) is 16.3. The summed E-state index contributed by atoms with van der Waals surface area (Å²) in [5, 5.41) is 26.1. The van der Waals surface area contributed by atoms with E-state index in [1.165, 1.54) is 28.8 Å². The van der Waals surface area contributed by atoms with Crippen molar-refractivity contribution >= 4 is 72.6 Å². The zero-order valence-electron chi connectivity index (χ0n) is 41.1. The molecule has 0 spiro atoms. The number of pyridine rings is 1. The van der Waals surface area contributed by atoms with Gasteiger partial charge in [0.15, 0.2) is 5.69 Å². The summed E-state index contributed by atoms with van der Waals surface area (Å²) in [6.45, 7) is 13.0. The van der Waals surface area contributed by atoms with E-state index in [-0.39, 0.29) is 45.5 Å². The number of ether oxygens (including phenoxy) is 4. The molecule has 2 aromatic heterocycles. The number of hydrogen-bond acceptors (Lipinski definition) is 14. The first-order valence-corrected chi connectivity index (χ1v) is 27.0. The van der Waals surface area contributed by atoms with Crippen molar-refractivity contribution in [2.75, 3.05) is 87.4 Å². The minimum atomic E-state index is -4.58. The molecule has 19 heteroatoms. The summed E-state index contributed by atoms with van der Waals surface area (Å²) in [6, 6.07) is 21.3. The number of anilines is 4. The molecule has 3 fully saturated rings. The van der Waals surface area contributed by atoms with Gasteiger partial charge < -0.3 is 44.3 Å². The molecule has 10 rings (SSSR count). The van der Waals surface area contributed by atoms with Crippen LogP contribution in [0.25, 0.3) is 16.6 Å². The summed E-state index contributed by atoms with van der Waals surface area (Å²) in [7, 11) is -4.58. The molecule has 384 valence electrons. The number of sulfonamides is 1. The highest BCUT2D eigenvalue weighted by Gasteiger charge is 2.39. The normalized spacial score (nSPS) is 23.7. The van der Waals surface area contributed by atoms with Crippen LogP contribution in [0, 0.1) is 16.5 Å². The summed E-state index contributed by atoms with van der Waals surface area (Å²) in [4.78, 5) is 29.0. The highest BCUT2D eigenvalue weighted by Crippen LogP contribution is 2.46. The Hall–Kier alpha value is -5.28. The molecule has 72 heavy (non-hydrogen) atoms. The number of nitrogens with zero attached hydrogens (tertiary/aromatic N) is 4. The van der Waals surface area contributed by atoms with Crippen LogP contribution in [0.15, 0.2) is 89.5 Å². The first-order valence-electron chi connectivity index (χ1n) is 25.2. The van der Waals surface area contributed by atoms with Crippen LogP contribution in [0.1, 0.15) is 75.2 Å². The van der Waals surface area contributed by atoms with E-state index < -0.39 is 21.2 Å². The van der Waals surface area contributed by atoms with Crippen LogP contribution in [0.2, 0.25) is 5.02 Å². The van der Waals surface area contributed by atoms with Gasteiger partial charge in [0, 0.05) is 87.4 Å². The van der Waals surface area contributed by atoms with Crippen molar-refractivity contribution < 1.29 is 42.6 Å². The van der Waals surface area contributed by atoms with Crippen LogP contribution in [0.5, 0.6) is 5.88 Å². The lowest BCUT2D eigenvalue weighted by Crippen LogP contribution is -2.99. The van der Waals surface area contributed by atoms with Crippen molar-refractivity contribution in [1.82, 2.24) is 19.6 Å². The minimum Gasteiger partial charge on any atom is -0.595 e. The molecular formula is C53H65ClN8O9S. The van der Waals surface area contributed by atoms with Crippen molar-refractivity contribution in [3.8, 4) is 5.88 Å². The summed E-state index contributed by atoms with van der Waals surface area (Å²) in [6.07, 6.45) is 6.72. The fourth-order valence-electron chi connectivity index (χ4n) is 10.8. The lowest BCUT2D eigenvalue weighted by molar-refractivity contribution is -0.990. The van der Waals surface area contributed by atoms with Crippen LogP contribution in [0.3, 0.4) is 0 Å². The quantitative estimate of drug-likeness (QED) is 0.0865. The first-order chi connectivity index (χ1) is 34.7. The fourth-order valence-corrected chi connectivity index (χ4v) is 11.9. The molecule has 3 unspecified atom stereocenters. The van der Waals surface area contributed by atoms with E-state index in [2.05, 4.69) is 57.7 Å². The van der Waals surface area contributed by atoms with Gasteiger partial charge in [-0.05, 0) is 121 Å². The first kappa shape index (κ1) is 50.3. The van der Waals surface area contributed by atoms with Crippen molar-refractivity contribution in [3.63, 3.8) is 0 Å². The van der Waals surface area contributed by atoms with E-state index >= 15 is 0 Å². The Bertz CT molecular complexity index is 2910. The fraction of sp³-hybridized carbons (Fsp3) is 0.472. The van der Waals surface area contributed by atoms with Gasteiger partial charge in [-0.25, -0.2) is 18.3 Å². The Morgan fingerprint density at radius 3 is 2.62 bits per heavy atom. The monoisotopic (exact) mass is 1020 g/mol. The highest BCUT2D eigenvalue weighted by atomic mass is 35.5. The van der Waals surface area contributed by atoms with Gasteiger partial charge >= 0.3 is 0 Å². The number of hydrogen-bond donors (Lipinski definition) is 5. The molecule has 0 saturated carbocycles. The number of carbonyl (C=O) groups excluding carboxylic acids is 1. The second-order valence-electron chi connectivity index (χ2n) is 20.7. The maximum Gasteiger partial charge on any atom is 0.267 e. The van der Waals surface area contributed by atoms with E-state index in [0.717, 1.165) is 62.3 Å². The summed E-state index contributed by atoms with van der Waals surface area (Å²) < 4.78 is 55.7. The number of aromatic amines is 1. The number of allylic oxidation sites excluding steroid dienone is 1. The highest BCUT2D eigenvalue weighted by molar-refractivity contribution is 7.90. The number of piperazine rings is 1. The molecule has 1 amide bonds. The third kappa shape index (κ3) is 11.1. The van der Waals surface area contributed by atoms with Gasteiger partial charge in [-0.2, -0.15) is 10.2 Å². The summed E-state index contributed by atoms with van der Waals surface area (Å²) >= 11 is 6.38. The standard InChI is InChI=1S/C53H65ClN8O9S/c1-34-6-12-40(71-32-34)29-56-45-15-13-41(26-47(45)62(64)65)72(66,67)58-51(63)42-14-11-38(25-46(42)61-18-4-22-70-52-48(61)24-36-16-17-55-50(36)57-52)59-19-20-60-31-44-43(35-7-9-37(54)10-8-35)27-53(2,3)28-49(44)69-23-5-21-68-33-39(60)30-59/h7-11,13-17,24-26,34,39-40,49,56,62,64H,4-6,12,18-23,27-33H2,1-3H3,(H,55,57)(H,58,63)/t34-,39?,40?,49+/m0/s1. The van der Waals surface area contributed by atoms with E-state index in [1.54, 1.807) is 12.3 Å². The van der Waals surface area contributed by atoms with Crippen molar-refractivity contribution in [2.45, 2.75) is 82.4 Å². The van der Waals surface area contributed by atoms with Crippen LogP contribution in [0.4, 0.5) is 28.4 Å². The van der Waals surface area contributed by atoms with E-state index in [4.69, 9.17) is 35.5 Å². The largest absolute Gasteiger partial charge is 0.595 e. The van der Waals surface area contributed by atoms with Crippen molar-refractivity contribution in [3.05, 3.63) is 106 Å². The zero-order chi connectivity index (χ0) is 50.1. The van der Waals surface area contributed by atoms with Crippen LogP contribution in [-0.4, -0.2) is 125 Å². The van der Waals surface area contributed by atoms with Crippen molar-refractivity contribution in [2.24, 2.45) is 11.3 Å². The minimum absolute atomic E-state index is 0.0167. The number of aromatic nitrogens is 2. The Balaban J connectivity index is 0.961. The number of fused-ring (bicyclic) bond motifs is 4. The van der Waals surface area contributed by atoms with E-state index in [9.17, 15) is 23.6 Å². The lowest BCUT2D eigenvalue weighted by atomic mass is 9.71. The molecule has 6 heterocycles. The van der Waals surface area contributed by atoms with E-state index in [1.807, 2.05) is 41.3 Å². The smallest absolute Gasteiger partial charge is 0.267 e. The molecule has 3 saturated heterocycles. The maximum atomic E-state index is 14.6. The average Bonchev–Trinajstić information content (AvgIpc) is 3.71. The molecule has 5 aromatic rings. The number of rotatable bonds is 10. The zero-order valence-corrected chi connectivity index (χ0v) is 42.7. The number of halogens is 1. The Kier molecular flexibility index (Phi) is 14.9. The van der Waals surface area contributed by atoms with Gasteiger partial charge in [-0.15, -0.1) is 0 Å². The third-order valence-electron chi connectivity index (χ3n) is 14.7. The Morgan fingerprint density at radius 1 is 0.972 bits per heavy atom. The molecule has 17 nitrogen and oxygen atoms in total. The molecule has 4 aliphatic heterocycles. The number of amides is 1. The number of quaternary nitrogens is 1. The molecule has 5 N–H and O–H groups in total. The number of benzene rings is 3. The van der Waals surface area contributed by atoms with Crippen LogP contribution < -0.4 is 29.8 Å².